The van der Waals surface area contributed by atoms with Crippen molar-refractivity contribution in [2.24, 2.45) is 0 Å². The smallest absolute Gasteiger partial charge is 0.325 e. The van der Waals surface area contributed by atoms with Gasteiger partial charge in [0.1, 0.15) is 6.04 Å². The number of esters is 1. The van der Waals surface area contributed by atoms with Crippen LogP contribution in [0.3, 0.4) is 0 Å². The van der Waals surface area contributed by atoms with Gasteiger partial charge in [-0.25, -0.2) is 8.42 Å². The predicted octanol–water partition coefficient (Wildman–Crippen LogP) is 3.06. The van der Waals surface area contributed by atoms with E-state index in [1.807, 2.05) is 48.5 Å². The number of carbonyl (C=O) groups excluding carboxylic acids is 2. The summed E-state index contributed by atoms with van der Waals surface area (Å²) in [5, 5.41) is 0.747. The van der Waals surface area contributed by atoms with E-state index in [2.05, 4.69) is 4.98 Å². The first-order chi connectivity index (χ1) is 14.8. The summed E-state index contributed by atoms with van der Waals surface area (Å²) >= 11 is 0. The highest BCUT2D eigenvalue weighted by Gasteiger charge is 2.40. The molecule has 162 valence electrons. The number of ketones is 1. The Hall–Kier alpha value is -2.97. The van der Waals surface area contributed by atoms with Gasteiger partial charge in [-0.05, 0) is 31.0 Å². The lowest BCUT2D eigenvalue weighted by atomic mass is 9.96. The van der Waals surface area contributed by atoms with E-state index in [0.717, 1.165) is 22.0 Å². The lowest BCUT2D eigenvalue weighted by Crippen LogP contribution is -2.50. The number of aromatic amines is 1. The number of fused-ring (bicyclic) bond motifs is 2. The van der Waals surface area contributed by atoms with Crippen molar-refractivity contribution in [3.8, 4) is 0 Å². The number of H-pyrrole nitrogens is 1. The first kappa shape index (κ1) is 21.3. The van der Waals surface area contributed by atoms with Crippen molar-refractivity contribution < 1.29 is 22.7 Å². The number of carbonyl (C=O) groups is 2. The van der Waals surface area contributed by atoms with Crippen LogP contribution in [-0.2, 0) is 32.5 Å². The Bertz CT molecular complexity index is 1250. The van der Waals surface area contributed by atoms with Gasteiger partial charge in [-0.1, -0.05) is 42.5 Å². The van der Waals surface area contributed by atoms with E-state index in [1.165, 1.54) is 11.2 Å². The van der Waals surface area contributed by atoms with Crippen LogP contribution in [0.4, 0.5) is 0 Å². The van der Waals surface area contributed by atoms with Crippen LogP contribution in [0.5, 0.6) is 0 Å². The van der Waals surface area contributed by atoms with Gasteiger partial charge in [0.15, 0.2) is 6.10 Å². The highest BCUT2D eigenvalue weighted by molar-refractivity contribution is 7.89. The molecule has 1 N–H and O–H groups in total. The Morgan fingerprint density at radius 2 is 1.81 bits per heavy atom. The first-order valence-corrected chi connectivity index (χ1v) is 11.8. The van der Waals surface area contributed by atoms with Crippen LogP contribution in [0, 0.1) is 0 Å². The Morgan fingerprint density at radius 1 is 1.13 bits per heavy atom. The Balaban J connectivity index is 1.57. The zero-order valence-electron chi connectivity index (χ0n) is 17.4. The number of benzene rings is 2. The minimum absolute atomic E-state index is 0.108. The molecule has 4 rings (SSSR count). The van der Waals surface area contributed by atoms with Crippen molar-refractivity contribution in [3.63, 3.8) is 0 Å². The molecule has 2 atom stereocenters. The van der Waals surface area contributed by atoms with Gasteiger partial charge in [-0.3, -0.25) is 9.59 Å². The molecule has 0 fully saturated rings. The predicted molar refractivity (Wildman–Crippen MR) is 117 cm³/mol. The molecule has 0 unspecified atom stereocenters. The maximum Gasteiger partial charge on any atom is 0.325 e. The van der Waals surface area contributed by atoms with E-state index in [1.54, 1.807) is 13.1 Å². The van der Waals surface area contributed by atoms with Crippen molar-refractivity contribution in [1.82, 2.24) is 9.29 Å². The highest BCUT2D eigenvalue weighted by Crippen LogP contribution is 2.27. The van der Waals surface area contributed by atoms with Crippen molar-refractivity contribution in [3.05, 3.63) is 71.4 Å². The summed E-state index contributed by atoms with van der Waals surface area (Å²) in [6, 6.07) is 13.8. The van der Waals surface area contributed by atoms with E-state index in [9.17, 15) is 18.0 Å². The molecule has 3 aromatic rings. The zero-order chi connectivity index (χ0) is 22.2. The largest absolute Gasteiger partial charge is 0.453 e. The SMILES string of the molecule is CCS(=O)(=O)N1Cc2ccccc2C[C@H]1C(=O)O[C@@H](C)C(=O)c1c[nH]c2ccccc12. The summed E-state index contributed by atoms with van der Waals surface area (Å²) < 4.78 is 32.1. The maximum atomic E-state index is 13.0. The fraction of sp³-hybridized carbons (Fsp3) is 0.304. The van der Waals surface area contributed by atoms with Crippen LogP contribution in [0.2, 0.25) is 0 Å². The van der Waals surface area contributed by atoms with Crippen LogP contribution in [0.1, 0.15) is 35.3 Å². The number of Topliss-reactive ketones (excluding diaryl/α,β-unsaturated/α-hetero) is 1. The molecular formula is C23H24N2O5S. The molecule has 1 aromatic heterocycles. The van der Waals surface area contributed by atoms with Crippen molar-refractivity contribution in [2.45, 2.75) is 39.0 Å². The summed E-state index contributed by atoms with van der Waals surface area (Å²) in [5.74, 6) is -1.18. The number of hydrogen-bond acceptors (Lipinski definition) is 5. The number of aromatic nitrogens is 1. The third kappa shape index (κ3) is 4.00. The summed E-state index contributed by atoms with van der Waals surface area (Å²) in [7, 11) is -3.64. The second kappa shape index (κ2) is 8.28. The van der Waals surface area contributed by atoms with Crippen LogP contribution in [0.25, 0.3) is 10.9 Å². The van der Waals surface area contributed by atoms with E-state index in [0.29, 0.717) is 5.56 Å². The third-order valence-electron chi connectivity index (χ3n) is 5.72. The monoisotopic (exact) mass is 440 g/mol. The van der Waals surface area contributed by atoms with Gasteiger partial charge < -0.3 is 9.72 Å². The van der Waals surface area contributed by atoms with Crippen molar-refractivity contribution in [2.75, 3.05) is 5.75 Å². The van der Waals surface area contributed by atoms with Crippen molar-refractivity contribution >= 4 is 32.7 Å². The van der Waals surface area contributed by atoms with E-state index >= 15 is 0 Å². The normalized spacial score (nSPS) is 17.8. The molecule has 0 spiro atoms. The number of nitrogens with one attached hydrogen (secondary N) is 1. The standard InChI is InChI=1S/C23H24N2O5S/c1-3-31(28,29)25-14-17-9-5-4-8-16(17)12-21(25)23(27)30-15(2)22(26)19-13-24-20-11-7-6-10-18(19)20/h4-11,13,15,21,24H,3,12,14H2,1-2H3/t15-,21-/m0/s1. The first-order valence-electron chi connectivity index (χ1n) is 10.2. The molecular weight excluding hydrogens is 416 g/mol. The molecule has 0 radical (unpaired) electrons. The number of hydrogen-bond donors (Lipinski definition) is 1. The molecule has 0 aliphatic carbocycles. The Labute approximate surface area is 181 Å². The van der Waals surface area contributed by atoms with Crippen LogP contribution in [-0.4, -0.2) is 47.4 Å². The van der Waals surface area contributed by atoms with Crippen LogP contribution in [0.15, 0.2) is 54.7 Å². The lowest BCUT2D eigenvalue weighted by molar-refractivity contribution is -0.151. The van der Waals surface area contributed by atoms with E-state index in [-0.39, 0.29) is 24.5 Å². The summed E-state index contributed by atoms with van der Waals surface area (Å²) in [5.41, 5.74) is 3.02. The second-order valence-corrected chi connectivity index (χ2v) is 9.84. The van der Waals surface area contributed by atoms with E-state index < -0.39 is 28.1 Å². The summed E-state index contributed by atoms with van der Waals surface area (Å²) in [4.78, 5) is 29.0. The van der Waals surface area contributed by atoms with Gasteiger partial charge in [-0.15, -0.1) is 0 Å². The average molecular weight is 441 g/mol. The number of rotatable bonds is 6. The quantitative estimate of drug-likeness (QED) is 0.469. The van der Waals surface area contributed by atoms with E-state index in [4.69, 9.17) is 4.74 Å². The molecule has 7 nitrogen and oxygen atoms in total. The number of nitrogens with zero attached hydrogens (tertiary/aromatic N) is 1. The molecule has 8 heteroatoms. The molecule has 2 aromatic carbocycles. The Morgan fingerprint density at radius 3 is 2.55 bits per heavy atom. The van der Waals surface area contributed by atoms with Crippen LogP contribution < -0.4 is 0 Å². The third-order valence-corrected chi connectivity index (χ3v) is 7.54. The molecule has 1 aliphatic heterocycles. The number of para-hydroxylation sites is 1. The van der Waals surface area contributed by atoms with Gasteiger partial charge >= 0.3 is 5.97 Å². The second-order valence-electron chi connectivity index (χ2n) is 7.63. The summed E-state index contributed by atoms with van der Waals surface area (Å²) in [6.07, 6.45) is 0.764. The Kier molecular flexibility index (Phi) is 5.68. The van der Waals surface area contributed by atoms with Gasteiger partial charge in [0, 0.05) is 35.6 Å². The highest BCUT2D eigenvalue weighted by atomic mass is 32.2. The molecule has 0 amide bonds. The minimum atomic E-state index is -3.64. The average Bonchev–Trinajstić information content (AvgIpc) is 3.21. The number of ether oxygens (including phenoxy) is 1. The topological polar surface area (TPSA) is 96.5 Å². The van der Waals surface area contributed by atoms with Gasteiger partial charge in [0.2, 0.25) is 15.8 Å². The number of sulfonamides is 1. The molecule has 31 heavy (non-hydrogen) atoms. The van der Waals surface area contributed by atoms with Gasteiger partial charge in [-0.2, -0.15) is 4.31 Å². The molecule has 0 bridgehead atoms. The summed E-state index contributed by atoms with van der Waals surface area (Å²) in [6.45, 7) is 3.16. The molecule has 2 heterocycles. The van der Waals surface area contributed by atoms with Crippen LogP contribution >= 0.6 is 0 Å². The zero-order valence-corrected chi connectivity index (χ0v) is 18.2. The van der Waals surface area contributed by atoms with Crippen molar-refractivity contribution in [1.29, 1.82) is 0 Å². The molecule has 1 aliphatic rings. The van der Waals surface area contributed by atoms with Gasteiger partial charge in [0.05, 0.1) is 5.75 Å². The van der Waals surface area contributed by atoms with Gasteiger partial charge in [0.25, 0.3) is 0 Å². The fourth-order valence-corrected chi connectivity index (χ4v) is 5.17. The maximum absolute atomic E-state index is 13.0. The minimum Gasteiger partial charge on any atom is -0.453 e. The molecule has 0 saturated heterocycles. The fourth-order valence-electron chi connectivity index (χ4n) is 3.96. The lowest BCUT2D eigenvalue weighted by Gasteiger charge is -2.34. The molecule has 0 saturated carbocycles.